The van der Waals surface area contributed by atoms with Crippen LogP contribution in [0.5, 0.6) is 23.0 Å². The first-order chi connectivity index (χ1) is 16.4. The lowest BCUT2D eigenvalue weighted by Gasteiger charge is -2.10. The fourth-order valence-electron chi connectivity index (χ4n) is 3.19. The van der Waals surface area contributed by atoms with Gasteiger partial charge in [0.15, 0.2) is 11.5 Å². The Morgan fingerprint density at radius 2 is 1.74 bits per heavy atom. The van der Waals surface area contributed by atoms with Crippen LogP contribution in [0.1, 0.15) is 28.4 Å². The van der Waals surface area contributed by atoms with Crippen molar-refractivity contribution in [2.24, 2.45) is 5.10 Å². The second kappa shape index (κ2) is 9.78. The smallest absolute Gasteiger partial charge is 0.287 e. The minimum absolute atomic E-state index is 0.0563. The van der Waals surface area contributed by atoms with E-state index in [9.17, 15) is 19.8 Å². The highest BCUT2D eigenvalue weighted by atomic mass is 16.7. The minimum Gasteiger partial charge on any atom is -0.508 e. The maximum absolute atomic E-state index is 13.0. The number of nitrogens with zero attached hydrogens (tertiary/aromatic N) is 1. The van der Waals surface area contributed by atoms with Crippen molar-refractivity contribution in [1.82, 2.24) is 10.7 Å². The zero-order chi connectivity index (χ0) is 24.1. The van der Waals surface area contributed by atoms with Gasteiger partial charge in [0.25, 0.3) is 11.8 Å². The van der Waals surface area contributed by atoms with Crippen LogP contribution in [0.4, 0.5) is 0 Å². The molecular formula is C25H21N3O6. The number of ether oxygens (including phenoxy) is 2. The first kappa shape index (κ1) is 22.4. The summed E-state index contributed by atoms with van der Waals surface area (Å²) in [5, 5.41) is 26.1. The Kier molecular flexibility index (Phi) is 6.45. The Hall–Kier alpha value is -4.79. The molecule has 0 radical (unpaired) electrons. The Labute approximate surface area is 195 Å². The molecule has 34 heavy (non-hydrogen) atoms. The summed E-state index contributed by atoms with van der Waals surface area (Å²) >= 11 is 0. The average Bonchev–Trinajstić information content (AvgIpc) is 3.30. The highest BCUT2D eigenvalue weighted by molar-refractivity contribution is 6.06. The second-order valence-electron chi connectivity index (χ2n) is 7.33. The molecule has 2 amide bonds. The number of phenols is 2. The number of amides is 2. The van der Waals surface area contributed by atoms with Gasteiger partial charge in [-0.05, 0) is 55.0 Å². The van der Waals surface area contributed by atoms with Gasteiger partial charge in [-0.2, -0.15) is 5.10 Å². The zero-order valence-electron chi connectivity index (χ0n) is 18.1. The molecule has 0 aliphatic carbocycles. The maximum Gasteiger partial charge on any atom is 0.287 e. The Morgan fingerprint density at radius 3 is 2.50 bits per heavy atom. The largest absolute Gasteiger partial charge is 0.508 e. The van der Waals surface area contributed by atoms with Gasteiger partial charge in [0.1, 0.15) is 17.2 Å². The lowest BCUT2D eigenvalue weighted by Crippen LogP contribution is -2.33. The third-order valence-corrected chi connectivity index (χ3v) is 4.93. The number of hydrogen-bond donors (Lipinski definition) is 4. The van der Waals surface area contributed by atoms with E-state index < -0.39 is 11.8 Å². The number of carbonyl (C=O) groups is 2. The molecule has 0 aromatic heterocycles. The third kappa shape index (κ3) is 5.16. The van der Waals surface area contributed by atoms with Crippen LogP contribution in [0, 0.1) is 0 Å². The SMILES string of the molecule is CC(=NNC(=O)C(=Cc1ccc2c(c1)OCO2)NC(=O)c1ccccc1)c1ccc(O)cc1O. The van der Waals surface area contributed by atoms with E-state index in [2.05, 4.69) is 15.8 Å². The van der Waals surface area contributed by atoms with Gasteiger partial charge in [-0.3, -0.25) is 9.59 Å². The van der Waals surface area contributed by atoms with Crippen LogP contribution in [-0.2, 0) is 4.79 Å². The summed E-state index contributed by atoms with van der Waals surface area (Å²) in [5.41, 5.74) is 3.93. The number of carbonyl (C=O) groups excluding carboxylic acids is 2. The molecular weight excluding hydrogens is 438 g/mol. The number of benzene rings is 3. The summed E-state index contributed by atoms with van der Waals surface area (Å²) in [4.78, 5) is 25.7. The van der Waals surface area contributed by atoms with Gasteiger partial charge in [-0.25, -0.2) is 5.43 Å². The van der Waals surface area contributed by atoms with E-state index in [4.69, 9.17) is 9.47 Å². The molecule has 172 valence electrons. The molecule has 0 atom stereocenters. The van der Waals surface area contributed by atoms with Crippen molar-refractivity contribution in [3.8, 4) is 23.0 Å². The number of aromatic hydroxyl groups is 2. The molecule has 1 aliphatic heterocycles. The molecule has 1 heterocycles. The van der Waals surface area contributed by atoms with Crippen molar-refractivity contribution in [3.63, 3.8) is 0 Å². The lowest BCUT2D eigenvalue weighted by molar-refractivity contribution is -0.117. The number of phenolic OH excluding ortho intramolecular Hbond substituents is 2. The molecule has 4 rings (SSSR count). The Morgan fingerprint density at radius 1 is 0.971 bits per heavy atom. The second-order valence-corrected chi connectivity index (χ2v) is 7.33. The number of hydrogen-bond acceptors (Lipinski definition) is 7. The van der Waals surface area contributed by atoms with E-state index in [1.807, 2.05) is 0 Å². The number of rotatable bonds is 6. The number of hydrazone groups is 1. The van der Waals surface area contributed by atoms with E-state index in [1.54, 1.807) is 55.5 Å². The van der Waals surface area contributed by atoms with E-state index in [0.717, 1.165) is 0 Å². The Bertz CT molecular complexity index is 1300. The van der Waals surface area contributed by atoms with Crippen LogP contribution in [0.2, 0.25) is 0 Å². The summed E-state index contributed by atoms with van der Waals surface area (Å²) in [5.74, 6) is -0.330. The quantitative estimate of drug-likeness (QED) is 0.255. The van der Waals surface area contributed by atoms with Crippen LogP contribution in [-0.4, -0.2) is 34.5 Å². The van der Waals surface area contributed by atoms with Crippen molar-refractivity contribution in [2.45, 2.75) is 6.92 Å². The van der Waals surface area contributed by atoms with Crippen molar-refractivity contribution >= 4 is 23.6 Å². The van der Waals surface area contributed by atoms with Crippen LogP contribution in [0.3, 0.4) is 0 Å². The fourth-order valence-corrected chi connectivity index (χ4v) is 3.19. The predicted molar refractivity (Wildman–Crippen MR) is 125 cm³/mol. The molecule has 0 unspecified atom stereocenters. The summed E-state index contributed by atoms with van der Waals surface area (Å²) in [6.45, 7) is 1.69. The molecule has 1 aliphatic rings. The maximum atomic E-state index is 13.0. The van der Waals surface area contributed by atoms with Crippen molar-refractivity contribution < 1.29 is 29.3 Å². The third-order valence-electron chi connectivity index (χ3n) is 4.93. The summed E-state index contributed by atoms with van der Waals surface area (Å²) < 4.78 is 10.7. The summed E-state index contributed by atoms with van der Waals surface area (Å²) in [6.07, 6.45) is 1.49. The fraction of sp³-hybridized carbons (Fsp3) is 0.0800. The molecule has 0 saturated heterocycles. The first-order valence-electron chi connectivity index (χ1n) is 10.3. The monoisotopic (exact) mass is 459 g/mol. The molecule has 0 spiro atoms. The predicted octanol–water partition coefficient (Wildman–Crippen LogP) is 3.14. The number of nitrogens with one attached hydrogen (secondary N) is 2. The van der Waals surface area contributed by atoms with Gasteiger partial charge >= 0.3 is 0 Å². The van der Waals surface area contributed by atoms with Gasteiger partial charge in [0, 0.05) is 17.2 Å². The van der Waals surface area contributed by atoms with Gasteiger partial charge < -0.3 is 25.0 Å². The highest BCUT2D eigenvalue weighted by Gasteiger charge is 2.17. The molecule has 3 aromatic carbocycles. The number of fused-ring (bicyclic) bond motifs is 1. The molecule has 3 aromatic rings. The van der Waals surface area contributed by atoms with Crippen molar-refractivity contribution in [3.05, 3.63) is 89.1 Å². The van der Waals surface area contributed by atoms with Gasteiger partial charge in [-0.15, -0.1) is 0 Å². The first-order valence-corrected chi connectivity index (χ1v) is 10.3. The lowest BCUT2D eigenvalue weighted by atomic mass is 10.1. The van der Waals surface area contributed by atoms with Gasteiger partial charge in [0.2, 0.25) is 6.79 Å². The summed E-state index contributed by atoms with van der Waals surface area (Å²) in [6, 6.07) is 17.6. The van der Waals surface area contributed by atoms with E-state index >= 15 is 0 Å². The van der Waals surface area contributed by atoms with Crippen molar-refractivity contribution in [1.29, 1.82) is 0 Å². The molecule has 0 bridgehead atoms. The van der Waals surface area contributed by atoms with E-state index in [1.165, 1.54) is 24.3 Å². The van der Waals surface area contributed by atoms with Gasteiger partial charge in [-0.1, -0.05) is 24.3 Å². The van der Waals surface area contributed by atoms with Crippen LogP contribution in [0.15, 0.2) is 77.5 Å². The summed E-state index contributed by atoms with van der Waals surface area (Å²) in [7, 11) is 0. The van der Waals surface area contributed by atoms with Crippen LogP contribution in [0.25, 0.3) is 6.08 Å². The Balaban J connectivity index is 1.60. The molecule has 4 N–H and O–H groups in total. The normalized spacial score (nSPS) is 12.9. The molecule has 9 nitrogen and oxygen atoms in total. The average molecular weight is 459 g/mol. The van der Waals surface area contributed by atoms with E-state index in [-0.39, 0.29) is 24.0 Å². The van der Waals surface area contributed by atoms with Crippen LogP contribution >= 0.6 is 0 Å². The highest BCUT2D eigenvalue weighted by Crippen LogP contribution is 2.33. The van der Waals surface area contributed by atoms with Crippen molar-refractivity contribution in [2.75, 3.05) is 6.79 Å². The van der Waals surface area contributed by atoms with E-state index in [0.29, 0.717) is 33.9 Å². The molecule has 0 saturated carbocycles. The van der Waals surface area contributed by atoms with Gasteiger partial charge in [0.05, 0.1) is 5.71 Å². The molecule has 0 fully saturated rings. The topological polar surface area (TPSA) is 129 Å². The van der Waals surface area contributed by atoms with Crippen LogP contribution < -0.4 is 20.2 Å². The standard InChI is InChI=1S/C25H21N3O6/c1-15(19-9-8-18(29)13-21(19)30)27-28-25(32)20(26-24(31)17-5-3-2-4-6-17)11-16-7-10-22-23(12-16)34-14-33-22/h2-13,29-30H,14H2,1H3,(H,26,31)(H,28,32). The minimum atomic E-state index is -0.681. The zero-order valence-corrected chi connectivity index (χ0v) is 18.1. The molecule has 9 heteroatoms.